The van der Waals surface area contributed by atoms with Crippen LogP contribution in [0.3, 0.4) is 0 Å². The van der Waals surface area contributed by atoms with Gasteiger partial charge in [0.05, 0.1) is 17.6 Å². The SMILES string of the molecule is Cn1c(CNc2c(F)c(F)nc(F)c2F)nc2ccccc21. The number of aromatic nitrogens is 3. The van der Waals surface area contributed by atoms with Crippen LogP contribution in [0.15, 0.2) is 24.3 Å². The van der Waals surface area contributed by atoms with Gasteiger partial charge in [0.15, 0.2) is 0 Å². The van der Waals surface area contributed by atoms with Crippen LogP contribution in [0.2, 0.25) is 0 Å². The van der Waals surface area contributed by atoms with Gasteiger partial charge in [0.25, 0.3) is 11.9 Å². The lowest BCUT2D eigenvalue weighted by molar-refractivity contribution is 0.410. The molecular formula is C14H10F4N4. The molecule has 4 nitrogen and oxygen atoms in total. The van der Waals surface area contributed by atoms with E-state index in [9.17, 15) is 17.6 Å². The number of rotatable bonds is 3. The van der Waals surface area contributed by atoms with Crippen molar-refractivity contribution in [1.82, 2.24) is 14.5 Å². The van der Waals surface area contributed by atoms with E-state index >= 15 is 0 Å². The molecule has 0 bridgehead atoms. The molecule has 0 saturated heterocycles. The normalized spacial score (nSPS) is 11.1. The molecule has 0 spiro atoms. The van der Waals surface area contributed by atoms with Gasteiger partial charge in [-0.05, 0) is 12.1 Å². The lowest BCUT2D eigenvalue weighted by Crippen LogP contribution is -2.11. The summed E-state index contributed by atoms with van der Waals surface area (Å²) in [6.45, 7) is -0.109. The van der Waals surface area contributed by atoms with Crippen LogP contribution in [0.25, 0.3) is 11.0 Å². The number of aryl methyl sites for hydroxylation is 1. The zero-order valence-corrected chi connectivity index (χ0v) is 11.4. The van der Waals surface area contributed by atoms with Gasteiger partial charge in [-0.1, -0.05) is 12.1 Å². The van der Waals surface area contributed by atoms with Gasteiger partial charge in [-0.3, -0.25) is 0 Å². The van der Waals surface area contributed by atoms with Crippen molar-refractivity contribution in [2.75, 3.05) is 5.32 Å². The number of imidazole rings is 1. The number of fused-ring (bicyclic) bond motifs is 1. The predicted octanol–water partition coefficient (Wildman–Crippen LogP) is 3.14. The molecule has 0 radical (unpaired) electrons. The van der Waals surface area contributed by atoms with Gasteiger partial charge in [0, 0.05) is 7.05 Å². The van der Waals surface area contributed by atoms with Crippen LogP contribution >= 0.6 is 0 Å². The Bertz CT molecular complexity index is 833. The molecule has 2 heterocycles. The molecule has 22 heavy (non-hydrogen) atoms. The van der Waals surface area contributed by atoms with E-state index in [-0.39, 0.29) is 6.54 Å². The summed E-state index contributed by atoms with van der Waals surface area (Å²) in [6, 6.07) is 7.25. The molecule has 0 aliphatic rings. The Morgan fingerprint density at radius 2 is 1.64 bits per heavy atom. The summed E-state index contributed by atoms with van der Waals surface area (Å²) in [5.41, 5.74) is 0.624. The average molecular weight is 310 g/mol. The summed E-state index contributed by atoms with van der Waals surface area (Å²) in [4.78, 5) is 6.78. The second kappa shape index (κ2) is 5.28. The Labute approximate surface area is 122 Å². The Kier molecular flexibility index (Phi) is 3.44. The number of halogens is 4. The van der Waals surface area contributed by atoms with Crippen molar-refractivity contribution >= 4 is 16.7 Å². The van der Waals surface area contributed by atoms with E-state index < -0.39 is 29.2 Å². The summed E-state index contributed by atoms with van der Waals surface area (Å²) >= 11 is 0. The first-order chi connectivity index (χ1) is 10.5. The number of para-hydroxylation sites is 2. The second-order valence-corrected chi connectivity index (χ2v) is 4.63. The van der Waals surface area contributed by atoms with Crippen LogP contribution in [0.1, 0.15) is 5.82 Å². The quantitative estimate of drug-likeness (QED) is 0.597. The maximum absolute atomic E-state index is 13.5. The average Bonchev–Trinajstić information content (AvgIpc) is 2.82. The third-order valence-electron chi connectivity index (χ3n) is 3.30. The first-order valence-corrected chi connectivity index (χ1v) is 6.33. The molecule has 0 aliphatic carbocycles. The van der Waals surface area contributed by atoms with E-state index in [0.717, 1.165) is 5.52 Å². The lowest BCUT2D eigenvalue weighted by Gasteiger charge is -2.09. The third-order valence-corrected chi connectivity index (χ3v) is 3.30. The van der Waals surface area contributed by atoms with Crippen molar-refractivity contribution in [1.29, 1.82) is 0 Å². The highest BCUT2D eigenvalue weighted by Crippen LogP contribution is 2.23. The molecule has 2 aromatic heterocycles. The van der Waals surface area contributed by atoms with Crippen LogP contribution in [-0.4, -0.2) is 14.5 Å². The smallest absolute Gasteiger partial charge is 0.253 e. The zero-order valence-electron chi connectivity index (χ0n) is 11.4. The highest BCUT2D eigenvalue weighted by Gasteiger charge is 2.21. The Morgan fingerprint density at radius 1 is 1.00 bits per heavy atom. The van der Waals surface area contributed by atoms with Gasteiger partial charge in [0.1, 0.15) is 11.5 Å². The van der Waals surface area contributed by atoms with E-state index in [2.05, 4.69) is 15.3 Å². The van der Waals surface area contributed by atoms with Crippen LogP contribution < -0.4 is 5.32 Å². The highest BCUT2D eigenvalue weighted by molar-refractivity contribution is 5.75. The van der Waals surface area contributed by atoms with E-state index in [0.29, 0.717) is 11.3 Å². The third kappa shape index (κ3) is 2.26. The fourth-order valence-electron chi connectivity index (χ4n) is 2.16. The van der Waals surface area contributed by atoms with Crippen LogP contribution in [0, 0.1) is 23.5 Å². The molecule has 0 atom stereocenters. The van der Waals surface area contributed by atoms with Crippen LogP contribution in [0.5, 0.6) is 0 Å². The fraction of sp³-hybridized carbons (Fsp3) is 0.143. The minimum atomic E-state index is -1.70. The number of nitrogens with zero attached hydrogens (tertiary/aromatic N) is 3. The van der Waals surface area contributed by atoms with E-state index in [1.807, 2.05) is 12.1 Å². The molecule has 114 valence electrons. The summed E-state index contributed by atoms with van der Waals surface area (Å²) in [5, 5.41) is 2.33. The van der Waals surface area contributed by atoms with Gasteiger partial charge < -0.3 is 9.88 Å². The molecule has 1 N–H and O–H groups in total. The Balaban J connectivity index is 1.93. The largest absolute Gasteiger partial charge is 0.373 e. The molecule has 0 aliphatic heterocycles. The highest BCUT2D eigenvalue weighted by atomic mass is 19.2. The van der Waals surface area contributed by atoms with Crippen LogP contribution in [0.4, 0.5) is 23.2 Å². The van der Waals surface area contributed by atoms with Gasteiger partial charge in [-0.25, -0.2) is 4.98 Å². The van der Waals surface area contributed by atoms with Crippen molar-refractivity contribution in [3.63, 3.8) is 0 Å². The topological polar surface area (TPSA) is 42.7 Å². The maximum Gasteiger partial charge on any atom is 0.253 e. The van der Waals surface area contributed by atoms with Crippen molar-refractivity contribution in [2.45, 2.75) is 6.54 Å². The first-order valence-electron chi connectivity index (χ1n) is 6.33. The number of hydrogen-bond donors (Lipinski definition) is 1. The second-order valence-electron chi connectivity index (χ2n) is 4.63. The minimum Gasteiger partial charge on any atom is -0.373 e. The van der Waals surface area contributed by atoms with Gasteiger partial charge in [0.2, 0.25) is 11.6 Å². The number of anilines is 1. The summed E-state index contributed by atoms with van der Waals surface area (Å²) in [6.07, 6.45) is 0. The number of benzene rings is 1. The molecule has 1 aromatic carbocycles. The van der Waals surface area contributed by atoms with Crippen molar-refractivity contribution < 1.29 is 17.6 Å². The number of nitrogens with one attached hydrogen (secondary N) is 1. The van der Waals surface area contributed by atoms with Crippen molar-refractivity contribution in [2.24, 2.45) is 7.05 Å². The number of pyridine rings is 1. The lowest BCUT2D eigenvalue weighted by atomic mass is 10.3. The van der Waals surface area contributed by atoms with Gasteiger partial charge in [-0.15, -0.1) is 0 Å². The molecule has 0 amide bonds. The monoisotopic (exact) mass is 310 g/mol. The standard InChI is InChI=1S/C14H10F4N4/c1-22-8-5-3-2-4-7(8)20-9(22)6-19-12-10(15)13(17)21-14(18)11(12)16/h2-5H,6H2,1H3,(H,19,21). The van der Waals surface area contributed by atoms with E-state index in [1.165, 1.54) is 0 Å². The zero-order chi connectivity index (χ0) is 15.9. The molecule has 3 aromatic rings. The molecule has 3 rings (SSSR count). The minimum absolute atomic E-state index is 0.109. The first kappa shape index (κ1) is 14.3. The van der Waals surface area contributed by atoms with Crippen LogP contribution in [-0.2, 0) is 13.6 Å². The van der Waals surface area contributed by atoms with Gasteiger partial charge >= 0.3 is 0 Å². The summed E-state index contributed by atoms with van der Waals surface area (Å²) in [5.74, 6) is -6.09. The predicted molar refractivity (Wildman–Crippen MR) is 72.1 cm³/mol. The summed E-state index contributed by atoms with van der Waals surface area (Å²) in [7, 11) is 1.73. The molecule has 0 unspecified atom stereocenters. The molecule has 0 fully saturated rings. The summed E-state index contributed by atoms with van der Waals surface area (Å²) < 4.78 is 54.8. The maximum atomic E-state index is 13.5. The molecule has 8 heteroatoms. The van der Waals surface area contributed by atoms with Crippen molar-refractivity contribution in [3.05, 3.63) is 53.6 Å². The Hall–Kier alpha value is -2.64. The number of hydrogen-bond acceptors (Lipinski definition) is 3. The van der Waals surface area contributed by atoms with E-state index in [1.54, 1.807) is 23.7 Å². The van der Waals surface area contributed by atoms with Gasteiger partial charge in [-0.2, -0.15) is 22.5 Å². The fourth-order valence-corrected chi connectivity index (χ4v) is 2.16. The van der Waals surface area contributed by atoms with Crippen molar-refractivity contribution in [3.8, 4) is 0 Å². The molecular weight excluding hydrogens is 300 g/mol. The molecule has 0 saturated carbocycles. The Morgan fingerprint density at radius 3 is 2.27 bits per heavy atom. The van der Waals surface area contributed by atoms with E-state index in [4.69, 9.17) is 0 Å².